The van der Waals surface area contributed by atoms with Crippen molar-refractivity contribution in [1.29, 1.82) is 0 Å². The van der Waals surface area contributed by atoms with Crippen LogP contribution in [0.3, 0.4) is 0 Å². The number of rotatable bonds is 3. The van der Waals surface area contributed by atoms with Crippen LogP contribution in [0, 0.1) is 6.92 Å². The van der Waals surface area contributed by atoms with E-state index >= 15 is 0 Å². The lowest BCUT2D eigenvalue weighted by molar-refractivity contribution is 0.102. The van der Waals surface area contributed by atoms with Gasteiger partial charge in [0, 0.05) is 5.56 Å². The molecule has 0 aliphatic carbocycles. The Morgan fingerprint density at radius 1 is 1.00 bits per heavy atom. The number of furan rings is 1. The quantitative estimate of drug-likeness (QED) is 0.650. The molecule has 5 heteroatoms. The molecule has 0 saturated carbocycles. The van der Waals surface area contributed by atoms with E-state index < -0.39 is 0 Å². The average Bonchev–Trinajstić information content (AvgIpc) is 2.92. The Labute approximate surface area is 143 Å². The highest BCUT2D eigenvalue weighted by atomic mass is 35.5. The first-order valence-electron chi connectivity index (χ1n) is 6.97. The summed E-state index contributed by atoms with van der Waals surface area (Å²) in [6.07, 6.45) is 0. The maximum absolute atomic E-state index is 12.5. The molecule has 2 aromatic carbocycles. The van der Waals surface area contributed by atoms with E-state index in [0.29, 0.717) is 32.8 Å². The summed E-state index contributed by atoms with van der Waals surface area (Å²) in [6, 6.07) is 16.1. The van der Waals surface area contributed by atoms with Gasteiger partial charge in [0.1, 0.15) is 11.5 Å². The highest BCUT2D eigenvalue weighted by molar-refractivity contribution is 6.34. The fourth-order valence-electron chi connectivity index (χ4n) is 2.25. The molecule has 0 atom stereocenters. The number of carbonyl (C=O) groups excluding carboxylic acids is 1. The average molecular weight is 346 g/mol. The second kappa shape index (κ2) is 6.49. The van der Waals surface area contributed by atoms with Crippen LogP contribution in [0.15, 0.2) is 59.0 Å². The predicted molar refractivity (Wildman–Crippen MR) is 93.3 cm³/mol. The van der Waals surface area contributed by atoms with E-state index in [9.17, 15) is 4.79 Å². The molecule has 3 nitrogen and oxygen atoms in total. The lowest BCUT2D eigenvalue weighted by Gasteiger charge is -2.05. The van der Waals surface area contributed by atoms with E-state index in [4.69, 9.17) is 27.6 Å². The van der Waals surface area contributed by atoms with Gasteiger partial charge in [-0.3, -0.25) is 4.79 Å². The van der Waals surface area contributed by atoms with Crippen LogP contribution in [0.2, 0.25) is 10.0 Å². The summed E-state index contributed by atoms with van der Waals surface area (Å²) in [6.45, 7) is 1.74. The highest BCUT2D eigenvalue weighted by Gasteiger charge is 2.18. The van der Waals surface area contributed by atoms with Crippen molar-refractivity contribution in [2.75, 3.05) is 5.32 Å². The van der Waals surface area contributed by atoms with Gasteiger partial charge in [-0.25, -0.2) is 0 Å². The first kappa shape index (κ1) is 15.7. The minimum Gasteiger partial charge on any atom is -0.460 e. The summed E-state index contributed by atoms with van der Waals surface area (Å²) >= 11 is 12.2. The van der Waals surface area contributed by atoms with Crippen LogP contribution in [0.1, 0.15) is 16.1 Å². The molecular weight excluding hydrogens is 333 g/mol. The molecule has 1 aromatic heterocycles. The molecule has 1 amide bonds. The normalized spacial score (nSPS) is 10.6. The smallest absolute Gasteiger partial charge is 0.259 e. The van der Waals surface area contributed by atoms with Gasteiger partial charge in [-0.15, -0.1) is 0 Å². The summed E-state index contributed by atoms with van der Waals surface area (Å²) in [5.41, 5.74) is 1.74. The number of carbonyl (C=O) groups is 1. The van der Waals surface area contributed by atoms with Gasteiger partial charge in [0.15, 0.2) is 0 Å². The summed E-state index contributed by atoms with van der Waals surface area (Å²) in [7, 11) is 0. The number of amides is 1. The van der Waals surface area contributed by atoms with Gasteiger partial charge in [-0.1, -0.05) is 47.5 Å². The Balaban J connectivity index is 1.91. The maximum Gasteiger partial charge on any atom is 0.259 e. The van der Waals surface area contributed by atoms with Gasteiger partial charge in [-0.05, 0) is 37.3 Å². The van der Waals surface area contributed by atoms with Gasteiger partial charge in [0.05, 0.1) is 21.3 Å². The molecule has 23 heavy (non-hydrogen) atoms. The van der Waals surface area contributed by atoms with E-state index in [1.54, 1.807) is 43.3 Å². The number of halogens is 2. The van der Waals surface area contributed by atoms with Crippen molar-refractivity contribution in [2.45, 2.75) is 6.92 Å². The van der Waals surface area contributed by atoms with Gasteiger partial charge >= 0.3 is 0 Å². The van der Waals surface area contributed by atoms with Gasteiger partial charge < -0.3 is 9.73 Å². The number of hydrogen-bond donors (Lipinski definition) is 1. The van der Waals surface area contributed by atoms with Crippen molar-refractivity contribution in [2.24, 2.45) is 0 Å². The molecule has 0 unspecified atom stereocenters. The van der Waals surface area contributed by atoms with E-state index in [1.165, 1.54) is 0 Å². The zero-order chi connectivity index (χ0) is 16.4. The number of benzene rings is 2. The predicted octanol–water partition coefficient (Wildman–Crippen LogP) is 5.81. The second-order valence-electron chi connectivity index (χ2n) is 4.99. The van der Waals surface area contributed by atoms with Crippen molar-refractivity contribution in [3.63, 3.8) is 0 Å². The molecule has 3 rings (SSSR count). The van der Waals surface area contributed by atoms with Crippen molar-refractivity contribution in [1.82, 2.24) is 0 Å². The number of para-hydroxylation sites is 1. The highest BCUT2D eigenvalue weighted by Crippen LogP contribution is 2.31. The van der Waals surface area contributed by atoms with Crippen LogP contribution >= 0.6 is 23.2 Å². The Kier molecular flexibility index (Phi) is 4.42. The molecule has 0 bridgehead atoms. The molecule has 1 N–H and O–H groups in total. The Morgan fingerprint density at radius 3 is 2.35 bits per heavy atom. The fourth-order valence-corrected chi connectivity index (χ4v) is 2.67. The van der Waals surface area contributed by atoms with Crippen molar-refractivity contribution < 1.29 is 9.21 Å². The molecule has 116 valence electrons. The fraction of sp³-hybridized carbons (Fsp3) is 0.0556. The van der Waals surface area contributed by atoms with E-state index in [-0.39, 0.29) is 5.91 Å². The summed E-state index contributed by atoms with van der Waals surface area (Å²) in [5.74, 6) is 0.791. The number of aryl methyl sites for hydroxylation is 1. The van der Waals surface area contributed by atoms with Crippen LogP contribution in [-0.2, 0) is 0 Å². The number of anilines is 1. The second-order valence-corrected chi connectivity index (χ2v) is 5.81. The largest absolute Gasteiger partial charge is 0.460 e. The molecular formula is C18H13Cl2NO2. The summed E-state index contributed by atoms with van der Waals surface area (Å²) in [5, 5.41) is 3.83. The topological polar surface area (TPSA) is 42.2 Å². The first-order chi connectivity index (χ1) is 11.1. The molecule has 1 heterocycles. The Bertz CT molecular complexity index is 871. The molecule has 0 spiro atoms. The van der Waals surface area contributed by atoms with Crippen molar-refractivity contribution >= 4 is 34.8 Å². The zero-order valence-corrected chi connectivity index (χ0v) is 13.8. The molecule has 3 aromatic rings. The lowest BCUT2D eigenvalue weighted by Crippen LogP contribution is -2.12. The molecule has 0 fully saturated rings. The van der Waals surface area contributed by atoms with E-state index in [0.717, 1.165) is 5.56 Å². The summed E-state index contributed by atoms with van der Waals surface area (Å²) < 4.78 is 5.69. The lowest BCUT2D eigenvalue weighted by atomic mass is 10.1. The Hall–Kier alpha value is -2.23. The molecule has 0 aliphatic rings. The minimum absolute atomic E-state index is 0.280. The van der Waals surface area contributed by atoms with Crippen LogP contribution < -0.4 is 5.32 Å². The maximum atomic E-state index is 12.5. The Morgan fingerprint density at radius 2 is 1.65 bits per heavy atom. The van der Waals surface area contributed by atoms with Crippen LogP contribution in [0.5, 0.6) is 0 Å². The van der Waals surface area contributed by atoms with E-state index in [2.05, 4.69) is 5.32 Å². The summed E-state index contributed by atoms with van der Waals surface area (Å²) in [4.78, 5) is 12.5. The van der Waals surface area contributed by atoms with Gasteiger partial charge in [0.25, 0.3) is 5.91 Å². The van der Waals surface area contributed by atoms with E-state index in [1.807, 2.05) is 18.2 Å². The van der Waals surface area contributed by atoms with Gasteiger partial charge in [-0.2, -0.15) is 0 Å². The standard InChI is InChI=1S/C18H13Cl2NO2/c1-11-13(18(22)21-16-9-5-4-8-15(16)20)10-17(23-11)12-6-2-3-7-14(12)19/h2-10H,1H3,(H,21,22). The molecule has 0 radical (unpaired) electrons. The third-order valence-electron chi connectivity index (χ3n) is 3.42. The van der Waals surface area contributed by atoms with Crippen molar-refractivity contribution in [3.8, 4) is 11.3 Å². The third-order valence-corrected chi connectivity index (χ3v) is 4.08. The van der Waals surface area contributed by atoms with Crippen LogP contribution in [0.4, 0.5) is 5.69 Å². The monoisotopic (exact) mass is 345 g/mol. The van der Waals surface area contributed by atoms with Gasteiger partial charge in [0.2, 0.25) is 0 Å². The SMILES string of the molecule is Cc1oc(-c2ccccc2Cl)cc1C(=O)Nc1ccccc1Cl. The van der Waals surface area contributed by atoms with Crippen LogP contribution in [-0.4, -0.2) is 5.91 Å². The number of hydrogen-bond acceptors (Lipinski definition) is 2. The molecule has 0 saturated heterocycles. The third kappa shape index (κ3) is 3.26. The first-order valence-corrected chi connectivity index (χ1v) is 7.73. The van der Waals surface area contributed by atoms with Crippen molar-refractivity contribution in [3.05, 3.63) is 76.0 Å². The number of nitrogens with one attached hydrogen (secondary N) is 1. The zero-order valence-electron chi connectivity index (χ0n) is 12.3. The van der Waals surface area contributed by atoms with Crippen LogP contribution in [0.25, 0.3) is 11.3 Å². The minimum atomic E-state index is -0.280. The molecule has 0 aliphatic heterocycles.